The summed E-state index contributed by atoms with van der Waals surface area (Å²) in [5, 5.41) is 0. The minimum atomic E-state index is 0.525. The lowest BCUT2D eigenvalue weighted by Crippen LogP contribution is -2.43. The van der Waals surface area contributed by atoms with Gasteiger partial charge in [-0.3, -0.25) is 4.90 Å². The first-order valence-electron chi connectivity index (χ1n) is 7.85. The SMILES string of the molecule is CN(Cc1ccc(Br)cc1)C(CN)C1CCCCCC1. The summed E-state index contributed by atoms with van der Waals surface area (Å²) in [6.45, 7) is 1.77. The van der Waals surface area contributed by atoms with Crippen LogP contribution in [0.4, 0.5) is 0 Å². The van der Waals surface area contributed by atoms with E-state index in [1.807, 2.05) is 0 Å². The summed E-state index contributed by atoms with van der Waals surface area (Å²) in [5.41, 5.74) is 7.45. The average molecular weight is 339 g/mol. The molecule has 1 atom stereocenters. The van der Waals surface area contributed by atoms with Gasteiger partial charge >= 0.3 is 0 Å². The highest BCUT2D eigenvalue weighted by molar-refractivity contribution is 9.10. The van der Waals surface area contributed by atoms with Crippen LogP contribution >= 0.6 is 15.9 Å². The van der Waals surface area contributed by atoms with Crippen LogP contribution in [0.2, 0.25) is 0 Å². The molecule has 1 unspecified atom stereocenters. The summed E-state index contributed by atoms with van der Waals surface area (Å²) >= 11 is 3.49. The van der Waals surface area contributed by atoms with Crippen molar-refractivity contribution in [3.8, 4) is 0 Å². The standard InChI is InChI=1S/C17H27BrN2/c1-20(13-14-8-10-16(18)11-9-14)17(12-19)15-6-4-2-3-5-7-15/h8-11,15,17H,2-7,12-13,19H2,1H3. The van der Waals surface area contributed by atoms with E-state index in [0.717, 1.165) is 23.5 Å². The highest BCUT2D eigenvalue weighted by atomic mass is 79.9. The second-order valence-corrected chi connectivity index (χ2v) is 7.01. The molecule has 1 saturated carbocycles. The molecule has 1 aliphatic rings. The van der Waals surface area contributed by atoms with Crippen molar-refractivity contribution in [2.45, 2.75) is 51.1 Å². The fourth-order valence-corrected chi connectivity index (χ4v) is 3.69. The van der Waals surface area contributed by atoms with Crippen LogP contribution in [-0.4, -0.2) is 24.5 Å². The second kappa shape index (κ2) is 8.16. The molecule has 3 heteroatoms. The number of rotatable bonds is 5. The van der Waals surface area contributed by atoms with Gasteiger partial charge < -0.3 is 5.73 Å². The summed E-state index contributed by atoms with van der Waals surface area (Å²) in [7, 11) is 2.23. The summed E-state index contributed by atoms with van der Waals surface area (Å²) in [5.74, 6) is 0.781. The number of likely N-dealkylation sites (N-methyl/N-ethyl adjacent to an activating group) is 1. The average Bonchev–Trinajstić information content (AvgIpc) is 2.71. The molecule has 2 rings (SSSR count). The van der Waals surface area contributed by atoms with E-state index in [-0.39, 0.29) is 0 Å². The predicted octanol–water partition coefficient (Wildman–Crippen LogP) is 4.18. The smallest absolute Gasteiger partial charge is 0.0247 e. The van der Waals surface area contributed by atoms with Crippen LogP contribution in [0.1, 0.15) is 44.1 Å². The van der Waals surface area contributed by atoms with E-state index in [9.17, 15) is 0 Å². The molecule has 1 aromatic rings. The van der Waals surface area contributed by atoms with Crippen LogP contribution in [0.3, 0.4) is 0 Å². The monoisotopic (exact) mass is 338 g/mol. The Hall–Kier alpha value is -0.380. The quantitative estimate of drug-likeness (QED) is 0.816. The van der Waals surface area contributed by atoms with E-state index in [4.69, 9.17) is 5.73 Å². The van der Waals surface area contributed by atoms with Gasteiger partial charge in [-0.05, 0) is 43.5 Å². The Bertz CT molecular complexity index is 382. The highest BCUT2D eigenvalue weighted by Gasteiger charge is 2.24. The third-order valence-electron chi connectivity index (χ3n) is 4.60. The van der Waals surface area contributed by atoms with Crippen LogP contribution in [0.5, 0.6) is 0 Å². The van der Waals surface area contributed by atoms with Gasteiger partial charge in [-0.25, -0.2) is 0 Å². The number of hydrogen-bond donors (Lipinski definition) is 1. The van der Waals surface area contributed by atoms with E-state index >= 15 is 0 Å². The number of benzene rings is 1. The Morgan fingerprint density at radius 3 is 2.30 bits per heavy atom. The van der Waals surface area contributed by atoms with Crippen molar-refractivity contribution < 1.29 is 0 Å². The lowest BCUT2D eigenvalue weighted by atomic mass is 9.90. The minimum absolute atomic E-state index is 0.525. The van der Waals surface area contributed by atoms with Crippen molar-refractivity contribution in [2.24, 2.45) is 11.7 Å². The van der Waals surface area contributed by atoms with Crippen molar-refractivity contribution in [2.75, 3.05) is 13.6 Å². The van der Waals surface area contributed by atoms with Gasteiger partial charge in [-0.15, -0.1) is 0 Å². The zero-order chi connectivity index (χ0) is 14.4. The van der Waals surface area contributed by atoms with Gasteiger partial charge in [0.25, 0.3) is 0 Å². The third kappa shape index (κ3) is 4.57. The van der Waals surface area contributed by atoms with Crippen molar-refractivity contribution in [1.82, 2.24) is 4.90 Å². The van der Waals surface area contributed by atoms with Gasteiger partial charge in [-0.2, -0.15) is 0 Å². The molecule has 2 N–H and O–H groups in total. The van der Waals surface area contributed by atoms with Crippen LogP contribution in [0, 0.1) is 5.92 Å². The summed E-state index contributed by atoms with van der Waals surface area (Å²) in [4.78, 5) is 2.46. The number of nitrogens with zero attached hydrogens (tertiary/aromatic N) is 1. The molecule has 0 bridgehead atoms. The van der Waals surface area contributed by atoms with Gasteiger partial charge in [0.05, 0.1) is 0 Å². The van der Waals surface area contributed by atoms with Crippen molar-refractivity contribution >= 4 is 15.9 Å². The molecule has 0 radical (unpaired) electrons. The molecule has 0 aromatic heterocycles. The van der Waals surface area contributed by atoms with Crippen LogP contribution in [0.25, 0.3) is 0 Å². The molecule has 20 heavy (non-hydrogen) atoms. The van der Waals surface area contributed by atoms with E-state index in [0.29, 0.717) is 6.04 Å². The molecular weight excluding hydrogens is 312 g/mol. The van der Waals surface area contributed by atoms with E-state index in [2.05, 4.69) is 52.1 Å². The number of hydrogen-bond acceptors (Lipinski definition) is 2. The van der Waals surface area contributed by atoms with Crippen molar-refractivity contribution in [3.63, 3.8) is 0 Å². The first kappa shape index (κ1) is 16.0. The lowest BCUT2D eigenvalue weighted by Gasteiger charge is -2.33. The van der Waals surface area contributed by atoms with E-state index in [1.165, 1.54) is 44.1 Å². The summed E-state index contributed by atoms with van der Waals surface area (Å²) in [6, 6.07) is 9.15. The van der Waals surface area contributed by atoms with Gasteiger partial charge in [-0.1, -0.05) is 53.7 Å². The summed E-state index contributed by atoms with van der Waals surface area (Å²) in [6.07, 6.45) is 8.29. The summed E-state index contributed by atoms with van der Waals surface area (Å²) < 4.78 is 1.14. The first-order chi connectivity index (χ1) is 9.70. The Morgan fingerprint density at radius 1 is 1.15 bits per heavy atom. The lowest BCUT2D eigenvalue weighted by molar-refractivity contribution is 0.160. The fourth-order valence-electron chi connectivity index (χ4n) is 3.42. The van der Waals surface area contributed by atoms with Crippen molar-refractivity contribution in [3.05, 3.63) is 34.3 Å². The number of halogens is 1. The highest BCUT2D eigenvalue weighted by Crippen LogP contribution is 2.28. The maximum absolute atomic E-state index is 6.08. The molecule has 0 spiro atoms. The maximum Gasteiger partial charge on any atom is 0.0247 e. The molecule has 1 aromatic carbocycles. The van der Waals surface area contributed by atoms with Crippen molar-refractivity contribution in [1.29, 1.82) is 0 Å². The Balaban J connectivity index is 1.96. The molecule has 0 heterocycles. The first-order valence-corrected chi connectivity index (χ1v) is 8.64. The molecule has 0 saturated heterocycles. The molecule has 1 fully saturated rings. The predicted molar refractivity (Wildman–Crippen MR) is 89.6 cm³/mol. The Kier molecular flexibility index (Phi) is 6.53. The Morgan fingerprint density at radius 2 is 1.75 bits per heavy atom. The zero-order valence-corrected chi connectivity index (χ0v) is 14.1. The largest absolute Gasteiger partial charge is 0.329 e. The molecule has 1 aliphatic carbocycles. The zero-order valence-electron chi connectivity index (χ0n) is 12.5. The van der Waals surface area contributed by atoms with Gasteiger partial charge in [0.2, 0.25) is 0 Å². The topological polar surface area (TPSA) is 29.3 Å². The van der Waals surface area contributed by atoms with Gasteiger partial charge in [0.15, 0.2) is 0 Å². The minimum Gasteiger partial charge on any atom is -0.329 e. The van der Waals surface area contributed by atoms with Crippen LogP contribution < -0.4 is 5.73 Å². The normalized spacial score (nSPS) is 19.0. The molecular formula is C17H27BrN2. The fraction of sp³-hybridized carbons (Fsp3) is 0.647. The second-order valence-electron chi connectivity index (χ2n) is 6.10. The van der Waals surface area contributed by atoms with E-state index < -0.39 is 0 Å². The van der Waals surface area contributed by atoms with Crippen LogP contribution in [0.15, 0.2) is 28.7 Å². The molecule has 2 nitrogen and oxygen atoms in total. The van der Waals surface area contributed by atoms with Gasteiger partial charge in [0, 0.05) is 23.6 Å². The molecule has 0 amide bonds. The van der Waals surface area contributed by atoms with Gasteiger partial charge in [0.1, 0.15) is 0 Å². The third-order valence-corrected chi connectivity index (χ3v) is 5.13. The Labute approximate surface area is 131 Å². The van der Waals surface area contributed by atoms with E-state index in [1.54, 1.807) is 0 Å². The maximum atomic E-state index is 6.08. The molecule has 112 valence electrons. The number of nitrogens with two attached hydrogens (primary N) is 1. The molecule has 0 aliphatic heterocycles. The van der Waals surface area contributed by atoms with Crippen LogP contribution in [-0.2, 0) is 6.54 Å².